The molecular formula is C8H6BBrO3. The molecule has 5 heteroatoms. The van der Waals surface area contributed by atoms with Gasteiger partial charge in [-0.2, -0.15) is 0 Å². The number of rotatable bonds is 1. The normalized spacial score (nSPS) is 10.7. The van der Waals surface area contributed by atoms with Crippen molar-refractivity contribution in [2.75, 3.05) is 0 Å². The van der Waals surface area contributed by atoms with Gasteiger partial charge >= 0.3 is 7.12 Å². The Bertz CT molecular complexity index is 438. The molecule has 0 atom stereocenters. The predicted molar refractivity (Wildman–Crippen MR) is 53.7 cm³/mol. The van der Waals surface area contributed by atoms with E-state index in [-0.39, 0.29) is 0 Å². The van der Waals surface area contributed by atoms with E-state index in [1.54, 1.807) is 12.1 Å². The summed E-state index contributed by atoms with van der Waals surface area (Å²) in [4.78, 5) is 0. The number of furan rings is 1. The van der Waals surface area contributed by atoms with Gasteiger partial charge in [-0.15, -0.1) is 0 Å². The standard InChI is InChI=1S/C8H6BBrO3/c10-5-1-2-6-7(9(11)12)4-13-8(6)3-5/h1-4,11-12H. The Hall–Kier alpha value is -0.775. The van der Waals surface area contributed by atoms with Crippen molar-refractivity contribution >= 4 is 39.5 Å². The van der Waals surface area contributed by atoms with E-state index in [1.807, 2.05) is 6.07 Å². The third-order valence-electron chi connectivity index (χ3n) is 1.85. The molecule has 0 amide bonds. The smallest absolute Gasteiger partial charge is 0.465 e. The Morgan fingerprint density at radius 2 is 2.08 bits per heavy atom. The van der Waals surface area contributed by atoms with Gasteiger partial charge < -0.3 is 14.5 Å². The van der Waals surface area contributed by atoms with Crippen LogP contribution < -0.4 is 5.46 Å². The Labute approximate surface area is 83.3 Å². The summed E-state index contributed by atoms with van der Waals surface area (Å²) in [6, 6.07) is 5.38. The van der Waals surface area contributed by atoms with Crippen LogP contribution in [0.15, 0.2) is 33.4 Å². The van der Waals surface area contributed by atoms with Crippen LogP contribution in [0.4, 0.5) is 0 Å². The van der Waals surface area contributed by atoms with Crippen LogP contribution in [-0.2, 0) is 0 Å². The summed E-state index contributed by atoms with van der Waals surface area (Å²) in [7, 11) is -1.48. The van der Waals surface area contributed by atoms with Crippen molar-refractivity contribution in [2.45, 2.75) is 0 Å². The van der Waals surface area contributed by atoms with Gasteiger partial charge in [0, 0.05) is 15.3 Å². The van der Waals surface area contributed by atoms with Crippen LogP contribution in [0, 0.1) is 0 Å². The van der Waals surface area contributed by atoms with Crippen molar-refractivity contribution in [3.8, 4) is 0 Å². The summed E-state index contributed by atoms with van der Waals surface area (Å²) < 4.78 is 6.04. The zero-order valence-corrected chi connectivity index (χ0v) is 8.15. The number of fused-ring (bicyclic) bond motifs is 1. The lowest BCUT2D eigenvalue weighted by Gasteiger charge is -1.94. The molecule has 2 rings (SSSR count). The number of hydrogen-bond acceptors (Lipinski definition) is 3. The van der Waals surface area contributed by atoms with Gasteiger partial charge in [-0.3, -0.25) is 0 Å². The first-order chi connectivity index (χ1) is 6.18. The van der Waals surface area contributed by atoms with Crippen LogP contribution in [0.25, 0.3) is 11.0 Å². The molecule has 0 fully saturated rings. The number of halogens is 1. The van der Waals surface area contributed by atoms with Gasteiger partial charge in [-0.25, -0.2) is 0 Å². The Kier molecular flexibility index (Phi) is 2.15. The van der Waals surface area contributed by atoms with Crippen molar-refractivity contribution in [1.29, 1.82) is 0 Å². The molecule has 2 aromatic rings. The lowest BCUT2D eigenvalue weighted by Crippen LogP contribution is -2.28. The molecule has 66 valence electrons. The minimum absolute atomic E-state index is 0.391. The molecule has 2 N–H and O–H groups in total. The second-order valence-corrected chi connectivity index (χ2v) is 3.62. The van der Waals surface area contributed by atoms with Crippen LogP contribution in [0.2, 0.25) is 0 Å². The van der Waals surface area contributed by atoms with E-state index in [0.717, 1.165) is 9.86 Å². The molecule has 3 nitrogen and oxygen atoms in total. The zero-order chi connectivity index (χ0) is 9.42. The van der Waals surface area contributed by atoms with Gasteiger partial charge in [0.25, 0.3) is 0 Å². The van der Waals surface area contributed by atoms with Gasteiger partial charge in [-0.05, 0) is 12.1 Å². The van der Waals surface area contributed by atoms with Crippen LogP contribution in [0.5, 0.6) is 0 Å². The molecule has 0 bridgehead atoms. The van der Waals surface area contributed by atoms with Crippen LogP contribution in [0.3, 0.4) is 0 Å². The molecule has 1 aromatic carbocycles. The van der Waals surface area contributed by atoms with E-state index < -0.39 is 7.12 Å². The summed E-state index contributed by atoms with van der Waals surface area (Å²) in [6.45, 7) is 0. The Balaban J connectivity index is 2.69. The molecule has 1 heterocycles. The molecule has 0 aliphatic rings. The Morgan fingerprint density at radius 1 is 1.31 bits per heavy atom. The third-order valence-corrected chi connectivity index (χ3v) is 2.34. The topological polar surface area (TPSA) is 53.6 Å². The van der Waals surface area contributed by atoms with E-state index in [0.29, 0.717) is 11.0 Å². The van der Waals surface area contributed by atoms with E-state index >= 15 is 0 Å². The minimum Gasteiger partial charge on any atom is -0.465 e. The first-order valence-electron chi connectivity index (χ1n) is 3.71. The molecule has 0 saturated carbocycles. The van der Waals surface area contributed by atoms with E-state index in [9.17, 15) is 0 Å². The summed E-state index contributed by atoms with van der Waals surface area (Å²) in [5.41, 5.74) is 1.03. The van der Waals surface area contributed by atoms with Crippen molar-refractivity contribution in [3.05, 3.63) is 28.9 Å². The highest BCUT2D eigenvalue weighted by Gasteiger charge is 2.17. The summed E-state index contributed by atoms with van der Waals surface area (Å²) in [6.07, 6.45) is 1.35. The van der Waals surface area contributed by atoms with Crippen LogP contribution in [0.1, 0.15) is 0 Å². The van der Waals surface area contributed by atoms with Gasteiger partial charge in [0.05, 0.1) is 6.26 Å². The van der Waals surface area contributed by atoms with Crippen LogP contribution in [-0.4, -0.2) is 17.2 Å². The van der Waals surface area contributed by atoms with Gasteiger partial charge in [0.1, 0.15) is 5.58 Å². The molecule has 0 radical (unpaired) electrons. The van der Waals surface area contributed by atoms with E-state index in [2.05, 4.69) is 15.9 Å². The van der Waals surface area contributed by atoms with Crippen LogP contribution >= 0.6 is 15.9 Å². The lowest BCUT2D eigenvalue weighted by molar-refractivity contribution is 0.425. The van der Waals surface area contributed by atoms with Gasteiger partial charge in [0.2, 0.25) is 0 Å². The zero-order valence-electron chi connectivity index (χ0n) is 6.57. The van der Waals surface area contributed by atoms with E-state index in [1.165, 1.54) is 6.26 Å². The summed E-state index contributed by atoms with van der Waals surface area (Å²) in [5.74, 6) is 0. The fraction of sp³-hybridized carbons (Fsp3) is 0. The second kappa shape index (κ2) is 3.18. The first kappa shape index (κ1) is 8.81. The lowest BCUT2D eigenvalue weighted by atomic mass is 9.80. The highest BCUT2D eigenvalue weighted by molar-refractivity contribution is 9.10. The second-order valence-electron chi connectivity index (χ2n) is 2.71. The fourth-order valence-electron chi connectivity index (χ4n) is 1.22. The van der Waals surface area contributed by atoms with Gasteiger partial charge in [-0.1, -0.05) is 22.0 Å². The predicted octanol–water partition coefficient (Wildman–Crippen LogP) is 0.875. The molecule has 0 unspecified atom stereocenters. The third kappa shape index (κ3) is 1.50. The minimum atomic E-state index is -1.48. The highest BCUT2D eigenvalue weighted by Crippen LogP contribution is 2.19. The van der Waals surface area contributed by atoms with Crippen molar-refractivity contribution < 1.29 is 14.5 Å². The Morgan fingerprint density at radius 3 is 2.77 bits per heavy atom. The molecular weight excluding hydrogens is 235 g/mol. The quantitative estimate of drug-likeness (QED) is 0.728. The van der Waals surface area contributed by atoms with Crippen molar-refractivity contribution in [3.63, 3.8) is 0 Å². The highest BCUT2D eigenvalue weighted by atomic mass is 79.9. The maximum Gasteiger partial charge on any atom is 0.492 e. The van der Waals surface area contributed by atoms with E-state index in [4.69, 9.17) is 14.5 Å². The number of benzene rings is 1. The first-order valence-corrected chi connectivity index (χ1v) is 4.50. The van der Waals surface area contributed by atoms with Gasteiger partial charge in [0.15, 0.2) is 0 Å². The molecule has 0 saturated heterocycles. The SMILES string of the molecule is OB(O)c1coc2cc(Br)ccc12. The molecule has 0 spiro atoms. The monoisotopic (exact) mass is 240 g/mol. The average molecular weight is 241 g/mol. The fourth-order valence-corrected chi connectivity index (χ4v) is 1.56. The molecule has 13 heavy (non-hydrogen) atoms. The van der Waals surface area contributed by atoms with Crippen molar-refractivity contribution in [1.82, 2.24) is 0 Å². The molecule has 0 aliphatic carbocycles. The average Bonchev–Trinajstić information content (AvgIpc) is 2.46. The maximum atomic E-state index is 8.96. The number of hydrogen-bond donors (Lipinski definition) is 2. The van der Waals surface area contributed by atoms with Crippen molar-refractivity contribution in [2.24, 2.45) is 0 Å². The molecule has 0 aliphatic heterocycles. The summed E-state index contributed by atoms with van der Waals surface area (Å²) >= 11 is 3.29. The largest absolute Gasteiger partial charge is 0.492 e. The summed E-state index contributed by atoms with van der Waals surface area (Å²) in [5, 5.41) is 18.6. The maximum absolute atomic E-state index is 8.96. The molecule has 1 aromatic heterocycles.